The minimum Gasteiger partial charge on any atom is -0.399 e. The molecule has 0 radical (unpaired) electrons. The maximum atomic E-state index is 13.2. The first-order valence-corrected chi connectivity index (χ1v) is 11.9. The second-order valence-electron chi connectivity index (χ2n) is 8.86. The van der Waals surface area contributed by atoms with Crippen molar-refractivity contribution in [1.29, 1.82) is 0 Å². The van der Waals surface area contributed by atoms with Crippen molar-refractivity contribution in [2.24, 2.45) is 0 Å². The van der Waals surface area contributed by atoms with Crippen LogP contribution in [0.15, 0.2) is 72.8 Å². The van der Waals surface area contributed by atoms with Crippen molar-refractivity contribution in [3.63, 3.8) is 0 Å². The number of amides is 1. The molecule has 5 nitrogen and oxygen atoms in total. The minimum atomic E-state index is -0.282. The maximum absolute atomic E-state index is 13.2. The van der Waals surface area contributed by atoms with Gasteiger partial charge in [-0.25, -0.2) is 0 Å². The van der Waals surface area contributed by atoms with E-state index in [-0.39, 0.29) is 17.9 Å². The summed E-state index contributed by atoms with van der Waals surface area (Å²) in [5.41, 5.74) is 11.0. The van der Waals surface area contributed by atoms with Crippen molar-refractivity contribution in [2.75, 3.05) is 43.4 Å². The predicted octanol–water partition coefficient (Wildman–Crippen LogP) is 4.44. The van der Waals surface area contributed by atoms with Gasteiger partial charge in [0.15, 0.2) is 0 Å². The van der Waals surface area contributed by atoms with Crippen molar-refractivity contribution in [2.45, 2.75) is 18.4 Å². The van der Waals surface area contributed by atoms with Gasteiger partial charge in [-0.15, -0.1) is 0 Å². The quantitative estimate of drug-likeness (QED) is 0.553. The Bertz CT molecular complexity index is 1130. The highest BCUT2D eigenvalue weighted by atomic mass is 35.5. The van der Waals surface area contributed by atoms with Gasteiger partial charge in [-0.2, -0.15) is 0 Å². The lowest BCUT2D eigenvalue weighted by Crippen LogP contribution is -2.47. The zero-order valence-electron chi connectivity index (χ0n) is 18.6. The summed E-state index contributed by atoms with van der Waals surface area (Å²) in [6.45, 7) is 4.93. The fourth-order valence-corrected chi connectivity index (χ4v) is 5.28. The number of benzene rings is 3. The molecule has 3 N–H and O–H groups in total. The van der Waals surface area contributed by atoms with Gasteiger partial charge in [0, 0.05) is 42.6 Å². The van der Waals surface area contributed by atoms with Crippen LogP contribution in [-0.2, 0) is 4.79 Å². The molecule has 0 aliphatic carbocycles. The molecule has 3 aromatic carbocycles. The first-order chi connectivity index (χ1) is 16.1. The maximum Gasteiger partial charge on any atom is 0.228 e. The molecule has 0 saturated carbocycles. The summed E-state index contributed by atoms with van der Waals surface area (Å²) in [5.74, 6) is -0.107. The molecule has 2 unspecified atom stereocenters. The van der Waals surface area contributed by atoms with Crippen LogP contribution in [0, 0.1) is 0 Å². The lowest BCUT2D eigenvalue weighted by Gasteiger charge is -2.37. The standard InChI is InChI=1S/C27H29ClN4O/c28-25-11-10-19(29)18-24(25)26-22-9-5-4-8-21(22)23(27(33)30-26)12-13-31-14-16-32(17-15-31)20-6-2-1-3-7-20/h1-11,18,23,26H,12-17,29H2,(H,30,33). The van der Waals surface area contributed by atoms with E-state index in [2.05, 4.69) is 57.6 Å². The van der Waals surface area contributed by atoms with E-state index in [1.807, 2.05) is 18.2 Å². The highest BCUT2D eigenvalue weighted by Crippen LogP contribution is 2.39. The summed E-state index contributed by atoms with van der Waals surface area (Å²) in [7, 11) is 0. The molecule has 1 saturated heterocycles. The number of nitrogen functional groups attached to an aromatic ring is 1. The monoisotopic (exact) mass is 460 g/mol. The highest BCUT2D eigenvalue weighted by molar-refractivity contribution is 6.31. The number of nitrogens with two attached hydrogens (primary N) is 1. The molecule has 170 valence electrons. The van der Waals surface area contributed by atoms with Crippen LogP contribution in [0.4, 0.5) is 11.4 Å². The van der Waals surface area contributed by atoms with Gasteiger partial charge in [-0.1, -0.05) is 54.1 Å². The molecule has 6 heteroatoms. The number of piperazine rings is 1. The predicted molar refractivity (Wildman–Crippen MR) is 135 cm³/mol. The Balaban J connectivity index is 1.28. The topological polar surface area (TPSA) is 61.6 Å². The van der Waals surface area contributed by atoms with Crippen molar-refractivity contribution in [3.8, 4) is 0 Å². The molecule has 2 aliphatic heterocycles. The SMILES string of the molecule is Nc1ccc(Cl)c(C2NC(=O)C(CCN3CCN(c4ccccc4)CC3)c3ccccc32)c1. The second-order valence-corrected chi connectivity index (χ2v) is 9.26. The van der Waals surface area contributed by atoms with Crippen molar-refractivity contribution in [1.82, 2.24) is 10.2 Å². The van der Waals surface area contributed by atoms with E-state index in [1.165, 1.54) is 5.69 Å². The Morgan fingerprint density at radius 1 is 0.879 bits per heavy atom. The van der Waals surface area contributed by atoms with Crippen LogP contribution in [0.1, 0.15) is 35.1 Å². The summed E-state index contributed by atoms with van der Waals surface area (Å²) in [5, 5.41) is 3.83. The Labute approximate surface area is 200 Å². The van der Waals surface area contributed by atoms with Gasteiger partial charge in [-0.3, -0.25) is 9.69 Å². The first-order valence-electron chi connectivity index (χ1n) is 11.6. The van der Waals surface area contributed by atoms with E-state index in [0.717, 1.165) is 55.8 Å². The molecule has 33 heavy (non-hydrogen) atoms. The summed E-state index contributed by atoms with van der Waals surface area (Å²) in [6, 6.07) is 23.9. The van der Waals surface area contributed by atoms with E-state index in [1.54, 1.807) is 12.1 Å². The third kappa shape index (κ3) is 4.56. The fourth-order valence-electron chi connectivity index (χ4n) is 5.05. The Hall–Kier alpha value is -3.02. The molecule has 5 rings (SSSR count). The number of halogens is 1. The molecule has 2 aliphatic rings. The van der Waals surface area contributed by atoms with Crippen LogP contribution in [0.5, 0.6) is 0 Å². The summed E-state index contributed by atoms with van der Waals surface area (Å²) in [4.78, 5) is 18.1. The van der Waals surface area contributed by atoms with Crippen LogP contribution >= 0.6 is 11.6 Å². The average molecular weight is 461 g/mol. The number of hydrogen-bond donors (Lipinski definition) is 2. The van der Waals surface area contributed by atoms with Crippen molar-refractivity contribution < 1.29 is 4.79 Å². The first kappa shape index (κ1) is 21.8. The fraction of sp³-hybridized carbons (Fsp3) is 0.296. The molecule has 2 atom stereocenters. The van der Waals surface area contributed by atoms with Gasteiger partial charge in [0.1, 0.15) is 0 Å². The molecule has 0 aromatic heterocycles. The molecular weight excluding hydrogens is 432 g/mol. The number of anilines is 2. The average Bonchev–Trinajstić information content (AvgIpc) is 2.85. The van der Waals surface area contributed by atoms with E-state index in [0.29, 0.717) is 10.7 Å². The Morgan fingerprint density at radius 3 is 2.33 bits per heavy atom. The second kappa shape index (κ2) is 9.46. The van der Waals surface area contributed by atoms with Crippen LogP contribution in [-0.4, -0.2) is 43.5 Å². The molecular formula is C27H29ClN4O. The number of carbonyl (C=O) groups excluding carboxylic acids is 1. The van der Waals surface area contributed by atoms with Gasteiger partial charge in [0.25, 0.3) is 0 Å². The normalized spacial score (nSPS) is 20.9. The lowest BCUT2D eigenvalue weighted by molar-refractivity contribution is -0.124. The number of carbonyl (C=O) groups is 1. The number of hydrogen-bond acceptors (Lipinski definition) is 4. The largest absolute Gasteiger partial charge is 0.399 e. The molecule has 0 spiro atoms. The molecule has 3 aromatic rings. The number of para-hydroxylation sites is 1. The summed E-state index contributed by atoms with van der Waals surface area (Å²) in [6.07, 6.45) is 0.797. The Morgan fingerprint density at radius 2 is 1.58 bits per heavy atom. The van der Waals surface area contributed by atoms with Gasteiger partial charge >= 0.3 is 0 Å². The number of nitrogens with one attached hydrogen (secondary N) is 1. The zero-order valence-corrected chi connectivity index (χ0v) is 19.3. The minimum absolute atomic E-state index is 0.0557. The van der Waals surface area contributed by atoms with Crippen LogP contribution < -0.4 is 16.0 Å². The van der Waals surface area contributed by atoms with Crippen LogP contribution in [0.2, 0.25) is 5.02 Å². The third-order valence-corrected chi connectivity index (χ3v) is 7.19. The lowest BCUT2D eigenvalue weighted by atomic mass is 9.82. The van der Waals surface area contributed by atoms with E-state index >= 15 is 0 Å². The van der Waals surface area contributed by atoms with Crippen molar-refractivity contribution in [3.05, 3.63) is 94.5 Å². The van der Waals surface area contributed by atoms with Gasteiger partial charge in [0.05, 0.1) is 12.0 Å². The third-order valence-electron chi connectivity index (χ3n) is 6.84. The van der Waals surface area contributed by atoms with Crippen molar-refractivity contribution >= 4 is 28.9 Å². The molecule has 1 amide bonds. The Kier molecular flexibility index (Phi) is 6.25. The van der Waals surface area contributed by atoms with E-state index in [4.69, 9.17) is 17.3 Å². The van der Waals surface area contributed by atoms with Crippen LogP contribution in [0.3, 0.4) is 0 Å². The number of fused-ring (bicyclic) bond motifs is 1. The van der Waals surface area contributed by atoms with E-state index < -0.39 is 0 Å². The smallest absolute Gasteiger partial charge is 0.228 e. The van der Waals surface area contributed by atoms with Gasteiger partial charge in [0.2, 0.25) is 5.91 Å². The number of nitrogens with zero attached hydrogens (tertiary/aromatic N) is 2. The van der Waals surface area contributed by atoms with Gasteiger partial charge in [-0.05, 0) is 60.0 Å². The van der Waals surface area contributed by atoms with E-state index in [9.17, 15) is 4.79 Å². The molecule has 2 heterocycles. The summed E-state index contributed by atoms with van der Waals surface area (Å²) < 4.78 is 0. The molecule has 1 fully saturated rings. The summed E-state index contributed by atoms with van der Waals surface area (Å²) >= 11 is 6.48. The highest BCUT2D eigenvalue weighted by Gasteiger charge is 2.34. The van der Waals surface area contributed by atoms with Gasteiger partial charge < -0.3 is 16.0 Å². The number of rotatable bonds is 5. The molecule has 0 bridgehead atoms. The zero-order chi connectivity index (χ0) is 22.8. The van der Waals surface area contributed by atoms with Crippen LogP contribution in [0.25, 0.3) is 0 Å².